The van der Waals surface area contributed by atoms with Crippen molar-refractivity contribution in [1.29, 1.82) is 0 Å². The van der Waals surface area contributed by atoms with E-state index in [2.05, 4.69) is 55.4 Å². The second-order valence-electron chi connectivity index (χ2n) is 14.0. The Morgan fingerprint density at radius 3 is 0.929 bits per heavy atom. The van der Waals surface area contributed by atoms with Crippen molar-refractivity contribution in [3.05, 3.63) is 0 Å². The van der Waals surface area contributed by atoms with Gasteiger partial charge in [-0.1, -0.05) is 158 Å². The highest BCUT2D eigenvalue weighted by molar-refractivity contribution is 7.33. The summed E-state index contributed by atoms with van der Waals surface area (Å²) in [5.74, 6) is 2.30. The fourth-order valence-electron chi connectivity index (χ4n) is 6.92. The molecular formula is C36H77N2O3P. The quantitative estimate of drug-likeness (QED) is 0.0784. The summed E-state index contributed by atoms with van der Waals surface area (Å²) in [6, 6.07) is 0. The van der Waals surface area contributed by atoms with Gasteiger partial charge in [-0.25, -0.2) is 0 Å². The Kier molecular flexibility index (Phi) is 25.3. The zero-order valence-corrected chi connectivity index (χ0v) is 30.7. The van der Waals surface area contributed by atoms with Gasteiger partial charge in [0.05, 0.1) is 13.2 Å². The van der Waals surface area contributed by atoms with Crippen molar-refractivity contribution in [3.63, 3.8) is 0 Å². The van der Waals surface area contributed by atoms with Crippen LogP contribution >= 0.6 is 8.25 Å². The van der Waals surface area contributed by atoms with Crippen LogP contribution in [0.1, 0.15) is 184 Å². The van der Waals surface area contributed by atoms with Gasteiger partial charge in [0.2, 0.25) is 0 Å². The molecule has 254 valence electrons. The highest BCUT2D eigenvalue weighted by atomic mass is 31.1. The summed E-state index contributed by atoms with van der Waals surface area (Å²) >= 11 is 0. The normalized spacial score (nSPS) is 18.6. The molecule has 0 amide bonds. The molecule has 0 aliphatic carbocycles. The number of nitrogens with two attached hydrogens (primary N) is 2. The van der Waals surface area contributed by atoms with E-state index >= 15 is 0 Å². The maximum absolute atomic E-state index is 13.3. The largest absolute Gasteiger partial charge is 0.323 e. The van der Waals surface area contributed by atoms with E-state index in [-0.39, 0.29) is 0 Å². The van der Waals surface area contributed by atoms with Gasteiger partial charge in [-0.05, 0) is 49.4 Å². The molecule has 0 aromatic rings. The van der Waals surface area contributed by atoms with Crippen molar-refractivity contribution >= 4 is 8.25 Å². The molecule has 0 heterocycles. The summed E-state index contributed by atoms with van der Waals surface area (Å²) in [7, 11) is -2.70. The summed E-state index contributed by atoms with van der Waals surface area (Å²) in [4.78, 5) is 0. The van der Waals surface area contributed by atoms with Crippen LogP contribution in [0.2, 0.25) is 0 Å². The third-order valence-corrected chi connectivity index (χ3v) is 10.7. The maximum atomic E-state index is 13.3. The number of hydrogen-bond donors (Lipinski definition) is 2. The van der Waals surface area contributed by atoms with Crippen LogP contribution in [0, 0.1) is 23.7 Å². The van der Waals surface area contributed by atoms with Gasteiger partial charge < -0.3 is 20.5 Å². The lowest BCUT2D eigenvalue weighted by atomic mass is 9.77. The third kappa shape index (κ3) is 19.5. The molecule has 0 aromatic carbocycles. The zero-order chi connectivity index (χ0) is 31.9. The molecule has 0 fully saturated rings. The molecular weight excluding hydrogens is 539 g/mol. The summed E-state index contributed by atoms with van der Waals surface area (Å²) in [5.41, 5.74) is 13.4. The maximum Gasteiger partial charge on any atom is 0.319 e. The lowest BCUT2D eigenvalue weighted by Gasteiger charge is -2.37. The highest BCUT2D eigenvalue weighted by Gasteiger charge is 2.34. The van der Waals surface area contributed by atoms with Gasteiger partial charge in [0.15, 0.2) is 0 Å². The molecule has 0 bridgehead atoms. The van der Waals surface area contributed by atoms with Crippen LogP contribution in [0.15, 0.2) is 0 Å². The molecule has 0 rings (SSSR count). The Labute approximate surface area is 264 Å². The van der Waals surface area contributed by atoms with Gasteiger partial charge in [0, 0.05) is 11.1 Å². The zero-order valence-electron chi connectivity index (χ0n) is 29.7. The standard InChI is InChI=1S/C36H77N2O3P/c1-9-17-21-31(13-5)25-35(37,26-32(14-6)22-18-10-2)29-40-42(39)41-30-36(38,27-33(15-7)23-19-11-3)28-34(16-8)24-20-12-4/h31-34,42H,9-30,37-38H2,1-8H3. The van der Waals surface area contributed by atoms with E-state index in [1.165, 1.54) is 77.0 Å². The van der Waals surface area contributed by atoms with Crippen LogP contribution < -0.4 is 11.5 Å². The van der Waals surface area contributed by atoms with Crippen LogP contribution in [0.5, 0.6) is 0 Å². The fraction of sp³-hybridized carbons (Fsp3) is 1.00. The van der Waals surface area contributed by atoms with Gasteiger partial charge in [-0.15, -0.1) is 0 Å². The van der Waals surface area contributed by atoms with E-state index in [0.717, 1.165) is 51.4 Å². The van der Waals surface area contributed by atoms with Gasteiger partial charge >= 0.3 is 8.25 Å². The third-order valence-electron chi connectivity index (χ3n) is 9.91. The minimum Gasteiger partial charge on any atom is -0.323 e. The van der Waals surface area contributed by atoms with Gasteiger partial charge in [-0.2, -0.15) is 0 Å². The van der Waals surface area contributed by atoms with Crippen LogP contribution in [-0.4, -0.2) is 24.3 Å². The smallest absolute Gasteiger partial charge is 0.319 e. The number of unbranched alkanes of at least 4 members (excludes halogenated alkanes) is 4. The van der Waals surface area contributed by atoms with Crippen molar-refractivity contribution in [2.24, 2.45) is 35.1 Å². The Morgan fingerprint density at radius 1 is 0.500 bits per heavy atom. The molecule has 0 aromatic heterocycles. The first-order chi connectivity index (χ1) is 20.1. The van der Waals surface area contributed by atoms with Crippen LogP contribution in [-0.2, 0) is 13.6 Å². The van der Waals surface area contributed by atoms with Crippen molar-refractivity contribution < 1.29 is 13.6 Å². The second-order valence-corrected chi connectivity index (χ2v) is 15.1. The van der Waals surface area contributed by atoms with E-state index in [1.54, 1.807) is 0 Å². The Bertz CT molecular complexity index is 559. The van der Waals surface area contributed by atoms with E-state index in [0.29, 0.717) is 36.9 Å². The monoisotopic (exact) mass is 617 g/mol. The SMILES string of the molecule is CCCCC(CC)CC(N)(CO[PH](=O)OCC(N)(CC(CC)CCCC)CC(CC)CCCC)CC(CC)CCCC. The molecule has 42 heavy (non-hydrogen) atoms. The minimum absolute atomic E-state index is 0.301. The van der Waals surface area contributed by atoms with Crippen LogP contribution in [0.25, 0.3) is 0 Å². The average molecular weight is 617 g/mol. The first-order valence-corrected chi connectivity index (χ1v) is 19.7. The molecule has 0 saturated heterocycles. The van der Waals surface area contributed by atoms with E-state index in [9.17, 15) is 4.57 Å². The molecule has 4 unspecified atom stereocenters. The first-order valence-electron chi connectivity index (χ1n) is 18.4. The Balaban J connectivity index is 5.58. The van der Waals surface area contributed by atoms with Crippen LogP contribution in [0.4, 0.5) is 0 Å². The molecule has 0 aliphatic rings. The predicted octanol–water partition coefficient (Wildman–Crippen LogP) is 11.2. The summed E-state index contributed by atoms with van der Waals surface area (Å²) < 4.78 is 25.4. The van der Waals surface area contributed by atoms with E-state index in [4.69, 9.17) is 20.5 Å². The topological polar surface area (TPSA) is 87.6 Å². The minimum atomic E-state index is -2.70. The molecule has 4 atom stereocenters. The fourth-order valence-corrected chi connectivity index (χ4v) is 7.82. The molecule has 0 saturated carbocycles. The van der Waals surface area contributed by atoms with E-state index < -0.39 is 19.3 Å². The first kappa shape index (κ1) is 42.1. The summed E-state index contributed by atoms with van der Waals surface area (Å²) in [6.07, 6.45) is 22.7. The van der Waals surface area contributed by atoms with Gasteiger partial charge in [0.1, 0.15) is 0 Å². The molecule has 4 N–H and O–H groups in total. The average Bonchev–Trinajstić information content (AvgIpc) is 2.99. The molecule has 0 spiro atoms. The van der Waals surface area contributed by atoms with Crippen LogP contribution in [0.3, 0.4) is 0 Å². The molecule has 0 aliphatic heterocycles. The molecule has 0 radical (unpaired) electrons. The highest BCUT2D eigenvalue weighted by Crippen LogP contribution is 2.37. The molecule has 6 heteroatoms. The number of hydrogen-bond acceptors (Lipinski definition) is 5. The summed E-state index contributed by atoms with van der Waals surface area (Å²) in [6.45, 7) is 18.7. The Morgan fingerprint density at radius 2 is 0.738 bits per heavy atom. The lowest BCUT2D eigenvalue weighted by molar-refractivity contribution is 0.109. The Hall–Kier alpha value is 0.0700. The van der Waals surface area contributed by atoms with Crippen molar-refractivity contribution in [2.75, 3.05) is 13.2 Å². The molecule has 5 nitrogen and oxygen atoms in total. The number of rotatable bonds is 30. The summed E-state index contributed by atoms with van der Waals surface area (Å²) in [5, 5.41) is 0. The van der Waals surface area contributed by atoms with Gasteiger partial charge in [-0.3, -0.25) is 4.57 Å². The van der Waals surface area contributed by atoms with Crippen molar-refractivity contribution in [2.45, 2.75) is 195 Å². The lowest BCUT2D eigenvalue weighted by Crippen LogP contribution is -2.48. The van der Waals surface area contributed by atoms with Crippen molar-refractivity contribution in [3.8, 4) is 0 Å². The predicted molar refractivity (Wildman–Crippen MR) is 186 cm³/mol. The van der Waals surface area contributed by atoms with E-state index in [1.807, 2.05) is 0 Å². The van der Waals surface area contributed by atoms with Gasteiger partial charge in [0.25, 0.3) is 0 Å². The van der Waals surface area contributed by atoms with Crippen molar-refractivity contribution in [1.82, 2.24) is 0 Å². The second kappa shape index (κ2) is 25.3.